The van der Waals surface area contributed by atoms with Crippen LogP contribution in [0, 0.1) is 0 Å². The molecule has 1 amide bonds. The van der Waals surface area contributed by atoms with Crippen LogP contribution < -0.4 is 5.32 Å². The first-order valence-electron chi connectivity index (χ1n) is 10.8. The largest absolute Gasteiger partial charge is 0.326 e. The second kappa shape index (κ2) is 10.2. The molecule has 1 fully saturated rings. The van der Waals surface area contributed by atoms with Crippen molar-refractivity contribution in [2.75, 3.05) is 38.5 Å². The first-order chi connectivity index (χ1) is 15.5. The molecule has 0 radical (unpaired) electrons. The predicted octanol–water partition coefficient (Wildman–Crippen LogP) is 3.94. The van der Waals surface area contributed by atoms with Gasteiger partial charge in [0.2, 0.25) is 5.91 Å². The summed E-state index contributed by atoms with van der Waals surface area (Å²) in [6.45, 7) is 6.85. The molecule has 1 aliphatic rings. The van der Waals surface area contributed by atoms with Crippen molar-refractivity contribution in [1.82, 2.24) is 14.8 Å². The van der Waals surface area contributed by atoms with Crippen molar-refractivity contribution in [2.24, 2.45) is 0 Å². The molecule has 0 saturated carbocycles. The van der Waals surface area contributed by atoms with E-state index in [0.717, 1.165) is 49.0 Å². The number of nitrogens with zero attached hydrogens (tertiary/aromatic N) is 3. The van der Waals surface area contributed by atoms with Gasteiger partial charge in [-0.1, -0.05) is 30.3 Å². The van der Waals surface area contributed by atoms with E-state index in [4.69, 9.17) is 0 Å². The molecule has 0 spiro atoms. The maximum Gasteiger partial charge on any atom is 0.230 e. The summed E-state index contributed by atoms with van der Waals surface area (Å²) in [5.41, 5.74) is 4.31. The molecular formula is C25H28N4O2S. The van der Waals surface area contributed by atoms with Crippen molar-refractivity contribution in [3.63, 3.8) is 0 Å². The minimum Gasteiger partial charge on any atom is -0.326 e. The van der Waals surface area contributed by atoms with E-state index in [1.807, 2.05) is 5.38 Å². The zero-order valence-electron chi connectivity index (χ0n) is 18.5. The number of anilines is 1. The van der Waals surface area contributed by atoms with E-state index in [1.165, 1.54) is 12.5 Å². The molecule has 0 unspecified atom stereocenters. The Balaban J connectivity index is 1.37. The Hall–Kier alpha value is -2.87. The first kappa shape index (κ1) is 22.3. The van der Waals surface area contributed by atoms with Crippen molar-refractivity contribution < 1.29 is 9.59 Å². The summed E-state index contributed by atoms with van der Waals surface area (Å²) in [6.07, 6.45) is 0.196. The van der Waals surface area contributed by atoms with Gasteiger partial charge in [0.1, 0.15) is 5.01 Å². The van der Waals surface area contributed by atoms with Gasteiger partial charge in [-0.15, -0.1) is 11.3 Å². The van der Waals surface area contributed by atoms with Gasteiger partial charge in [-0.25, -0.2) is 4.98 Å². The zero-order valence-corrected chi connectivity index (χ0v) is 19.3. The van der Waals surface area contributed by atoms with Gasteiger partial charge >= 0.3 is 0 Å². The summed E-state index contributed by atoms with van der Waals surface area (Å²) < 4.78 is 0. The summed E-state index contributed by atoms with van der Waals surface area (Å²) >= 11 is 1.56. The third-order valence-corrected chi connectivity index (χ3v) is 6.56. The molecule has 4 rings (SSSR count). The van der Waals surface area contributed by atoms with Crippen LogP contribution in [0.5, 0.6) is 0 Å². The molecule has 1 aromatic heterocycles. The number of likely N-dealkylation sites (N-methyl/N-ethyl adjacent to an activating group) is 1. The lowest BCUT2D eigenvalue weighted by molar-refractivity contribution is -0.115. The Kier molecular flexibility index (Phi) is 7.09. The van der Waals surface area contributed by atoms with E-state index in [-0.39, 0.29) is 18.1 Å². The van der Waals surface area contributed by atoms with Gasteiger partial charge in [-0.05, 0) is 37.7 Å². The van der Waals surface area contributed by atoms with Crippen molar-refractivity contribution in [3.8, 4) is 10.6 Å². The highest BCUT2D eigenvalue weighted by molar-refractivity contribution is 7.13. The number of amides is 1. The molecule has 0 bridgehead atoms. The third-order valence-electron chi connectivity index (χ3n) is 5.62. The molecule has 2 aromatic carbocycles. The van der Waals surface area contributed by atoms with Crippen LogP contribution in [0.4, 0.5) is 5.69 Å². The topological polar surface area (TPSA) is 65.5 Å². The summed E-state index contributed by atoms with van der Waals surface area (Å²) in [6, 6.07) is 15.5. The van der Waals surface area contributed by atoms with Crippen molar-refractivity contribution >= 4 is 28.7 Å². The molecule has 32 heavy (non-hydrogen) atoms. The average Bonchev–Trinajstić information content (AvgIpc) is 3.24. The van der Waals surface area contributed by atoms with Crippen molar-refractivity contribution in [3.05, 3.63) is 70.7 Å². The fraction of sp³-hybridized carbons (Fsp3) is 0.320. The number of carbonyl (C=O) groups is 2. The van der Waals surface area contributed by atoms with Gasteiger partial charge in [0.25, 0.3) is 0 Å². The normalized spacial score (nSPS) is 14.9. The highest BCUT2D eigenvalue weighted by atomic mass is 32.1. The van der Waals surface area contributed by atoms with Crippen LogP contribution in [0.2, 0.25) is 0 Å². The second-order valence-corrected chi connectivity index (χ2v) is 9.14. The number of thiazole rings is 1. The monoisotopic (exact) mass is 448 g/mol. The highest BCUT2D eigenvalue weighted by Crippen LogP contribution is 2.25. The van der Waals surface area contributed by atoms with Crippen LogP contribution in [0.3, 0.4) is 0 Å². The zero-order chi connectivity index (χ0) is 22.5. The number of rotatable bonds is 7. The number of hydrogen-bond donors (Lipinski definition) is 1. The number of piperazine rings is 1. The molecule has 1 aliphatic heterocycles. The van der Waals surface area contributed by atoms with E-state index in [9.17, 15) is 9.59 Å². The average molecular weight is 449 g/mol. The molecule has 0 atom stereocenters. The standard InChI is InChI=1S/C25H28N4O2S/c1-18(30)20-6-4-8-22(14-20)26-24(31)15-23-17-32-25(27-23)21-7-3-5-19(13-21)16-29-11-9-28(2)10-12-29/h3-8,13-14,17H,9-12,15-16H2,1-2H3,(H,26,31). The minimum absolute atomic E-state index is 0.0277. The number of ketones is 1. The lowest BCUT2D eigenvalue weighted by Gasteiger charge is -2.32. The maximum atomic E-state index is 12.5. The van der Waals surface area contributed by atoms with Gasteiger partial charge in [-0.2, -0.15) is 0 Å². The predicted molar refractivity (Wildman–Crippen MR) is 129 cm³/mol. The number of benzene rings is 2. The Morgan fingerprint density at radius 2 is 1.84 bits per heavy atom. The highest BCUT2D eigenvalue weighted by Gasteiger charge is 2.15. The number of aromatic nitrogens is 1. The van der Waals surface area contributed by atoms with E-state index >= 15 is 0 Å². The minimum atomic E-state index is -0.147. The molecule has 7 heteroatoms. The van der Waals surface area contributed by atoms with Crippen LogP contribution in [-0.2, 0) is 17.8 Å². The Bertz CT molecular complexity index is 1100. The molecule has 1 N–H and O–H groups in total. The summed E-state index contributed by atoms with van der Waals surface area (Å²) in [5, 5.41) is 5.72. The molecule has 166 valence electrons. The number of hydrogen-bond acceptors (Lipinski definition) is 6. The third kappa shape index (κ3) is 5.88. The molecule has 3 aromatic rings. The number of Topliss-reactive ketones (excluding diaryl/α,β-unsaturated/α-hetero) is 1. The quantitative estimate of drug-likeness (QED) is 0.555. The van der Waals surface area contributed by atoms with Crippen LogP contribution in [-0.4, -0.2) is 59.7 Å². The summed E-state index contributed by atoms with van der Waals surface area (Å²) in [4.78, 5) is 33.5. The van der Waals surface area contributed by atoms with Gasteiger partial charge in [0.15, 0.2) is 5.78 Å². The van der Waals surface area contributed by atoms with Crippen LogP contribution >= 0.6 is 11.3 Å². The first-order valence-corrected chi connectivity index (χ1v) is 11.7. The summed E-state index contributed by atoms with van der Waals surface area (Å²) in [5.74, 6) is -0.175. The number of carbonyl (C=O) groups excluding carboxylic acids is 2. The van der Waals surface area contributed by atoms with Crippen LogP contribution in [0.15, 0.2) is 53.9 Å². The molecule has 6 nitrogen and oxygen atoms in total. The fourth-order valence-corrected chi connectivity index (χ4v) is 4.59. The molecule has 0 aliphatic carbocycles. The molecular weight excluding hydrogens is 420 g/mol. The smallest absolute Gasteiger partial charge is 0.230 e. The van der Waals surface area contributed by atoms with Gasteiger partial charge < -0.3 is 10.2 Å². The van der Waals surface area contributed by atoms with E-state index in [0.29, 0.717) is 11.3 Å². The summed E-state index contributed by atoms with van der Waals surface area (Å²) in [7, 11) is 2.17. The van der Waals surface area contributed by atoms with Crippen LogP contribution in [0.1, 0.15) is 28.5 Å². The Labute approximate surface area is 192 Å². The van der Waals surface area contributed by atoms with E-state index in [1.54, 1.807) is 35.6 Å². The Morgan fingerprint density at radius 1 is 1.06 bits per heavy atom. The van der Waals surface area contributed by atoms with Gasteiger partial charge in [0, 0.05) is 54.9 Å². The SMILES string of the molecule is CC(=O)c1cccc(NC(=O)Cc2csc(-c3cccc(CN4CCN(C)CC4)c3)n2)c1. The fourth-order valence-electron chi connectivity index (χ4n) is 3.77. The van der Waals surface area contributed by atoms with E-state index < -0.39 is 0 Å². The molecule has 2 heterocycles. The van der Waals surface area contributed by atoms with Crippen molar-refractivity contribution in [1.29, 1.82) is 0 Å². The van der Waals surface area contributed by atoms with Gasteiger partial charge in [-0.3, -0.25) is 14.5 Å². The lowest BCUT2D eigenvalue weighted by atomic mass is 10.1. The second-order valence-electron chi connectivity index (χ2n) is 8.29. The Morgan fingerprint density at radius 3 is 2.62 bits per heavy atom. The maximum absolute atomic E-state index is 12.5. The van der Waals surface area contributed by atoms with E-state index in [2.05, 4.69) is 51.4 Å². The van der Waals surface area contributed by atoms with Crippen LogP contribution in [0.25, 0.3) is 10.6 Å². The molecule has 1 saturated heterocycles. The van der Waals surface area contributed by atoms with Gasteiger partial charge in [0.05, 0.1) is 12.1 Å². The number of nitrogens with one attached hydrogen (secondary N) is 1. The lowest BCUT2D eigenvalue weighted by Crippen LogP contribution is -2.43. The van der Waals surface area contributed by atoms with Crippen molar-refractivity contribution in [2.45, 2.75) is 19.9 Å².